The fourth-order valence-electron chi connectivity index (χ4n) is 2.22. The Kier molecular flexibility index (Phi) is 4.96. The Morgan fingerprint density at radius 1 is 1.18 bits per heavy atom. The molecule has 1 aliphatic rings. The topological polar surface area (TPSA) is 29.1 Å². The second-order valence-electron chi connectivity index (χ2n) is 4.75. The van der Waals surface area contributed by atoms with Gasteiger partial charge in [-0.1, -0.05) is 29.8 Å². The van der Waals surface area contributed by atoms with Crippen molar-refractivity contribution < 1.29 is 9.18 Å². The predicted molar refractivity (Wildman–Crippen MR) is 93.5 cm³/mol. The number of carbonyl (C=O) groups excluding carboxylic acids is 1. The zero-order valence-corrected chi connectivity index (χ0v) is 13.9. The molecule has 1 saturated heterocycles. The first-order chi connectivity index (χ1) is 10.6. The minimum absolute atomic E-state index is 0.107. The molecule has 6 heteroatoms. The Morgan fingerprint density at radius 3 is 2.64 bits per heavy atom. The smallest absolute Gasteiger partial charge is 0.260 e. The number of thioether (sulfide) groups is 2. The Labute approximate surface area is 141 Å². The summed E-state index contributed by atoms with van der Waals surface area (Å²) in [6.07, 6.45) is 0. The first-order valence-corrected chi connectivity index (χ1v) is 9.21. The summed E-state index contributed by atoms with van der Waals surface area (Å²) >= 11 is 9.70. The normalized spacial score (nSPS) is 15.0. The molecule has 1 heterocycles. The van der Waals surface area contributed by atoms with Gasteiger partial charge in [0.15, 0.2) is 0 Å². The van der Waals surface area contributed by atoms with E-state index in [2.05, 4.69) is 5.32 Å². The molecular weight excluding hydrogens is 341 g/mol. The average molecular weight is 354 g/mol. The van der Waals surface area contributed by atoms with E-state index >= 15 is 0 Å². The molecular formula is C16H13ClFNOS2. The van der Waals surface area contributed by atoms with Gasteiger partial charge in [-0.2, -0.15) is 0 Å². The highest BCUT2D eigenvalue weighted by atomic mass is 35.5. The van der Waals surface area contributed by atoms with Crippen LogP contribution in [-0.2, 0) is 0 Å². The third kappa shape index (κ3) is 3.42. The molecule has 1 amide bonds. The second kappa shape index (κ2) is 6.94. The second-order valence-corrected chi connectivity index (χ2v) is 7.88. The van der Waals surface area contributed by atoms with Crippen LogP contribution in [0.15, 0.2) is 42.5 Å². The van der Waals surface area contributed by atoms with Crippen LogP contribution in [0.2, 0.25) is 5.02 Å². The van der Waals surface area contributed by atoms with Crippen LogP contribution in [-0.4, -0.2) is 17.4 Å². The van der Waals surface area contributed by atoms with Crippen LogP contribution >= 0.6 is 35.1 Å². The van der Waals surface area contributed by atoms with Gasteiger partial charge in [-0.25, -0.2) is 4.39 Å². The van der Waals surface area contributed by atoms with Crippen molar-refractivity contribution in [2.75, 3.05) is 16.8 Å². The van der Waals surface area contributed by atoms with Gasteiger partial charge < -0.3 is 5.32 Å². The van der Waals surface area contributed by atoms with Gasteiger partial charge in [-0.05, 0) is 29.8 Å². The third-order valence-corrected chi connectivity index (χ3v) is 6.65. The standard InChI is InChI=1S/C16H13ClFNOS2/c17-12-5-2-6-13(18)14(12)15(20)19-11-4-1-3-10(9-11)16-21-7-8-22-16/h1-6,9,16H,7-8H2,(H,19,20). The molecule has 0 unspecified atom stereocenters. The largest absolute Gasteiger partial charge is 0.322 e. The summed E-state index contributed by atoms with van der Waals surface area (Å²) in [5.74, 6) is 1.11. The van der Waals surface area contributed by atoms with Crippen LogP contribution in [0.5, 0.6) is 0 Å². The van der Waals surface area contributed by atoms with E-state index in [0.717, 1.165) is 17.1 Å². The fraction of sp³-hybridized carbons (Fsp3) is 0.188. The van der Waals surface area contributed by atoms with Gasteiger partial charge in [0.2, 0.25) is 0 Å². The van der Waals surface area contributed by atoms with Crippen molar-refractivity contribution in [2.24, 2.45) is 0 Å². The van der Waals surface area contributed by atoms with Crippen molar-refractivity contribution in [2.45, 2.75) is 4.58 Å². The molecule has 2 nitrogen and oxygen atoms in total. The summed E-state index contributed by atoms with van der Waals surface area (Å²) in [7, 11) is 0. The number of rotatable bonds is 3. The molecule has 2 aromatic rings. The van der Waals surface area contributed by atoms with Crippen LogP contribution in [0.25, 0.3) is 0 Å². The molecule has 3 rings (SSSR count). The van der Waals surface area contributed by atoms with Crippen molar-refractivity contribution in [1.82, 2.24) is 0 Å². The number of nitrogens with one attached hydrogen (secondary N) is 1. The molecule has 2 aromatic carbocycles. The number of hydrogen-bond donors (Lipinski definition) is 1. The first kappa shape index (κ1) is 15.7. The van der Waals surface area contributed by atoms with Crippen molar-refractivity contribution >= 4 is 46.7 Å². The lowest BCUT2D eigenvalue weighted by Crippen LogP contribution is -2.14. The number of carbonyl (C=O) groups is 1. The maximum Gasteiger partial charge on any atom is 0.260 e. The van der Waals surface area contributed by atoms with Crippen LogP contribution < -0.4 is 5.32 Å². The minimum Gasteiger partial charge on any atom is -0.322 e. The van der Waals surface area contributed by atoms with E-state index in [0.29, 0.717) is 10.3 Å². The Balaban J connectivity index is 1.81. The lowest BCUT2D eigenvalue weighted by molar-refractivity contribution is 0.102. The Hall–Kier alpha value is -1.17. The highest BCUT2D eigenvalue weighted by Crippen LogP contribution is 2.45. The predicted octanol–water partition coefficient (Wildman–Crippen LogP) is 5.21. The molecule has 0 spiro atoms. The van der Waals surface area contributed by atoms with Crippen molar-refractivity contribution in [3.8, 4) is 0 Å². The zero-order chi connectivity index (χ0) is 15.5. The molecule has 1 N–H and O–H groups in total. The van der Waals surface area contributed by atoms with Gasteiger partial charge in [0.05, 0.1) is 15.2 Å². The fourth-order valence-corrected chi connectivity index (χ4v) is 5.31. The maximum absolute atomic E-state index is 13.8. The molecule has 0 atom stereocenters. The number of benzene rings is 2. The number of anilines is 1. The SMILES string of the molecule is O=C(Nc1cccc(C2SCCS2)c1)c1c(F)cccc1Cl. The van der Waals surface area contributed by atoms with Crippen LogP contribution in [0.1, 0.15) is 20.5 Å². The number of amides is 1. The summed E-state index contributed by atoms with van der Waals surface area (Å²) in [6, 6.07) is 11.9. The van der Waals surface area contributed by atoms with Crippen molar-refractivity contribution in [3.05, 3.63) is 64.4 Å². The zero-order valence-electron chi connectivity index (χ0n) is 11.5. The van der Waals surface area contributed by atoms with E-state index in [1.54, 1.807) is 6.07 Å². The Morgan fingerprint density at radius 2 is 1.91 bits per heavy atom. The van der Waals surface area contributed by atoms with Gasteiger partial charge in [-0.15, -0.1) is 23.5 Å². The summed E-state index contributed by atoms with van der Waals surface area (Å²) in [6.45, 7) is 0. The van der Waals surface area contributed by atoms with E-state index in [1.165, 1.54) is 18.2 Å². The molecule has 114 valence electrons. The van der Waals surface area contributed by atoms with Gasteiger partial charge in [0.1, 0.15) is 5.82 Å². The molecule has 0 bridgehead atoms. The quantitative estimate of drug-likeness (QED) is 0.821. The monoisotopic (exact) mass is 353 g/mol. The van der Waals surface area contributed by atoms with Crippen LogP contribution in [0, 0.1) is 5.82 Å². The first-order valence-electron chi connectivity index (χ1n) is 6.73. The van der Waals surface area contributed by atoms with Crippen molar-refractivity contribution in [3.63, 3.8) is 0 Å². The molecule has 22 heavy (non-hydrogen) atoms. The highest BCUT2D eigenvalue weighted by molar-refractivity contribution is 8.19. The van der Waals surface area contributed by atoms with E-state index in [-0.39, 0.29) is 10.6 Å². The van der Waals surface area contributed by atoms with Gasteiger partial charge >= 0.3 is 0 Å². The van der Waals surface area contributed by atoms with E-state index < -0.39 is 11.7 Å². The summed E-state index contributed by atoms with van der Waals surface area (Å²) in [4.78, 5) is 12.2. The molecule has 0 saturated carbocycles. The number of hydrogen-bond acceptors (Lipinski definition) is 3. The lowest BCUT2D eigenvalue weighted by Gasteiger charge is -2.12. The molecule has 1 fully saturated rings. The Bertz CT molecular complexity index is 684. The minimum atomic E-state index is -0.622. The summed E-state index contributed by atoms with van der Waals surface area (Å²) < 4.78 is 14.2. The van der Waals surface area contributed by atoms with Gasteiger partial charge in [-0.3, -0.25) is 4.79 Å². The van der Waals surface area contributed by atoms with Crippen LogP contribution in [0.3, 0.4) is 0 Å². The molecule has 0 aliphatic carbocycles. The maximum atomic E-state index is 13.8. The molecule has 0 radical (unpaired) electrons. The van der Waals surface area contributed by atoms with Gasteiger partial charge in [0.25, 0.3) is 5.91 Å². The summed E-state index contributed by atoms with van der Waals surface area (Å²) in [5, 5.41) is 2.83. The van der Waals surface area contributed by atoms with E-state index in [1.807, 2.05) is 41.7 Å². The average Bonchev–Trinajstić information content (AvgIpc) is 3.01. The number of halogens is 2. The highest BCUT2D eigenvalue weighted by Gasteiger charge is 2.19. The lowest BCUT2D eigenvalue weighted by atomic mass is 10.1. The van der Waals surface area contributed by atoms with Crippen LogP contribution in [0.4, 0.5) is 10.1 Å². The third-order valence-electron chi connectivity index (χ3n) is 3.23. The van der Waals surface area contributed by atoms with E-state index in [4.69, 9.17) is 11.6 Å². The van der Waals surface area contributed by atoms with Crippen molar-refractivity contribution in [1.29, 1.82) is 0 Å². The molecule has 0 aromatic heterocycles. The van der Waals surface area contributed by atoms with E-state index in [9.17, 15) is 9.18 Å². The molecule has 1 aliphatic heterocycles. The van der Waals surface area contributed by atoms with Gasteiger partial charge in [0, 0.05) is 17.2 Å². The summed E-state index contributed by atoms with van der Waals surface area (Å²) in [5.41, 5.74) is 1.68.